The quantitative estimate of drug-likeness (QED) is 0.368. The standard InChI is InChI=1S/C8H10O5/c1-4-6(12-2)3-5(9)7(10)8(4)13-11/h3,9-11H,1-2H3. The second-order valence-electron chi connectivity index (χ2n) is 2.49. The zero-order valence-electron chi connectivity index (χ0n) is 7.24. The summed E-state index contributed by atoms with van der Waals surface area (Å²) < 4.78 is 4.86. The van der Waals surface area contributed by atoms with E-state index >= 15 is 0 Å². The Morgan fingerprint density at radius 1 is 1.31 bits per heavy atom. The fourth-order valence-corrected chi connectivity index (χ4v) is 1.03. The first kappa shape index (κ1) is 9.47. The van der Waals surface area contributed by atoms with Gasteiger partial charge in [-0.25, -0.2) is 5.26 Å². The van der Waals surface area contributed by atoms with Crippen molar-refractivity contribution in [2.24, 2.45) is 0 Å². The van der Waals surface area contributed by atoms with Gasteiger partial charge in [0.1, 0.15) is 5.75 Å². The molecule has 0 aliphatic rings. The van der Waals surface area contributed by atoms with E-state index in [0.29, 0.717) is 11.3 Å². The summed E-state index contributed by atoms with van der Waals surface area (Å²) in [6, 6.07) is 1.23. The molecule has 0 saturated heterocycles. The van der Waals surface area contributed by atoms with Gasteiger partial charge < -0.3 is 19.8 Å². The summed E-state index contributed by atoms with van der Waals surface area (Å²) in [4.78, 5) is 3.91. The molecule has 0 heterocycles. The van der Waals surface area contributed by atoms with Crippen molar-refractivity contribution in [3.05, 3.63) is 11.6 Å². The van der Waals surface area contributed by atoms with Gasteiger partial charge >= 0.3 is 0 Å². The van der Waals surface area contributed by atoms with Crippen LogP contribution in [-0.4, -0.2) is 22.6 Å². The third-order valence-electron chi connectivity index (χ3n) is 1.75. The predicted octanol–water partition coefficient (Wildman–Crippen LogP) is 1.27. The molecular formula is C8H10O5. The monoisotopic (exact) mass is 186 g/mol. The van der Waals surface area contributed by atoms with Crippen LogP contribution in [0.4, 0.5) is 0 Å². The number of hydrogen-bond acceptors (Lipinski definition) is 5. The van der Waals surface area contributed by atoms with E-state index in [-0.39, 0.29) is 5.75 Å². The Bertz CT molecular complexity index is 321. The van der Waals surface area contributed by atoms with E-state index < -0.39 is 11.5 Å². The number of benzene rings is 1. The van der Waals surface area contributed by atoms with Crippen LogP contribution in [0.1, 0.15) is 5.56 Å². The molecule has 1 aromatic rings. The molecule has 1 rings (SSSR count). The molecule has 72 valence electrons. The second-order valence-corrected chi connectivity index (χ2v) is 2.49. The van der Waals surface area contributed by atoms with E-state index in [0.717, 1.165) is 0 Å². The summed E-state index contributed by atoms with van der Waals surface area (Å²) in [6.45, 7) is 1.57. The third kappa shape index (κ3) is 1.46. The summed E-state index contributed by atoms with van der Waals surface area (Å²) in [5.41, 5.74) is 0.403. The number of hydrogen-bond donors (Lipinski definition) is 3. The number of ether oxygens (including phenoxy) is 1. The number of phenolic OH excluding ortho intramolecular Hbond substituents is 2. The largest absolute Gasteiger partial charge is 0.504 e. The van der Waals surface area contributed by atoms with Gasteiger partial charge in [-0.05, 0) is 6.92 Å². The summed E-state index contributed by atoms with van der Waals surface area (Å²) in [7, 11) is 1.40. The average molecular weight is 186 g/mol. The maximum atomic E-state index is 9.21. The lowest BCUT2D eigenvalue weighted by atomic mass is 10.1. The lowest BCUT2D eigenvalue weighted by molar-refractivity contribution is -0.139. The molecule has 0 radical (unpaired) electrons. The van der Waals surface area contributed by atoms with E-state index in [1.165, 1.54) is 13.2 Å². The SMILES string of the molecule is COc1cc(O)c(O)c(OO)c1C. The van der Waals surface area contributed by atoms with Gasteiger partial charge in [0, 0.05) is 11.6 Å². The Labute approximate surface area is 74.7 Å². The smallest absolute Gasteiger partial charge is 0.217 e. The lowest BCUT2D eigenvalue weighted by Gasteiger charge is -2.10. The summed E-state index contributed by atoms with van der Waals surface area (Å²) in [5.74, 6) is -0.816. The minimum atomic E-state index is -0.513. The molecule has 0 aromatic heterocycles. The topological polar surface area (TPSA) is 79.2 Å². The highest BCUT2D eigenvalue weighted by atomic mass is 17.1. The van der Waals surface area contributed by atoms with Gasteiger partial charge in [-0.1, -0.05) is 0 Å². The van der Waals surface area contributed by atoms with Gasteiger partial charge in [0.15, 0.2) is 5.75 Å². The minimum absolute atomic E-state index is 0.211. The Kier molecular flexibility index (Phi) is 2.48. The van der Waals surface area contributed by atoms with Crippen LogP contribution in [0.25, 0.3) is 0 Å². The van der Waals surface area contributed by atoms with Crippen molar-refractivity contribution in [1.29, 1.82) is 0 Å². The fourth-order valence-electron chi connectivity index (χ4n) is 1.03. The Hall–Kier alpha value is -1.62. The molecular weight excluding hydrogens is 176 g/mol. The van der Waals surface area contributed by atoms with E-state index in [4.69, 9.17) is 15.1 Å². The summed E-state index contributed by atoms with van der Waals surface area (Å²) in [5, 5.41) is 26.8. The number of aromatic hydroxyl groups is 2. The summed E-state index contributed by atoms with van der Waals surface area (Å²) in [6.07, 6.45) is 0. The van der Waals surface area contributed by atoms with Crippen LogP contribution in [0.3, 0.4) is 0 Å². The molecule has 5 nitrogen and oxygen atoms in total. The van der Waals surface area contributed by atoms with Crippen molar-refractivity contribution < 1.29 is 25.1 Å². The summed E-state index contributed by atoms with van der Waals surface area (Å²) >= 11 is 0. The normalized spacial score (nSPS) is 9.77. The lowest BCUT2D eigenvalue weighted by Crippen LogP contribution is -1.93. The third-order valence-corrected chi connectivity index (χ3v) is 1.75. The fraction of sp³-hybridized carbons (Fsp3) is 0.250. The average Bonchev–Trinajstić information content (AvgIpc) is 2.12. The molecule has 0 aliphatic carbocycles. The Morgan fingerprint density at radius 3 is 2.38 bits per heavy atom. The van der Waals surface area contributed by atoms with Crippen LogP contribution in [-0.2, 0) is 0 Å². The van der Waals surface area contributed by atoms with E-state index in [2.05, 4.69) is 4.89 Å². The van der Waals surface area contributed by atoms with Crippen LogP contribution in [0.5, 0.6) is 23.0 Å². The van der Waals surface area contributed by atoms with Crippen LogP contribution in [0.2, 0.25) is 0 Å². The van der Waals surface area contributed by atoms with Gasteiger partial charge in [-0.3, -0.25) is 0 Å². The maximum absolute atomic E-state index is 9.21. The highest BCUT2D eigenvalue weighted by Gasteiger charge is 2.16. The second kappa shape index (κ2) is 3.40. The van der Waals surface area contributed by atoms with E-state index in [1.54, 1.807) is 6.92 Å². The van der Waals surface area contributed by atoms with Gasteiger partial charge in [-0.2, -0.15) is 0 Å². The molecule has 3 N–H and O–H groups in total. The minimum Gasteiger partial charge on any atom is -0.504 e. The van der Waals surface area contributed by atoms with Crippen molar-refractivity contribution in [1.82, 2.24) is 0 Å². The van der Waals surface area contributed by atoms with Crippen LogP contribution >= 0.6 is 0 Å². The molecule has 0 bridgehead atoms. The van der Waals surface area contributed by atoms with Crippen molar-refractivity contribution in [2.45, 2.75) is 6.92 Å². The number of phenols is 2. The molecule has 0 fully saturated rings. The first-order valence-corrected chi connectivity index (χ1v) is 3.52. The zero-order valence-corrected chi connectivity index (χ0v) is 7.24. The Morgan fingerprint density at radius 2 is 1.92 bits per heavy atom. The molecule has 1 aromatic carbocycles. The number of methoxy groups -OCH3 is 1. The zero-order chi connectivity index (χ0) is 10.0. The molecule has 5 heteroatoms. The molecule has 0 saturated carbocycles. The molecule has 0 atom stereocenters. The van der Waals surface area contributed by atoms with Crippen molar-refractivity contribution in [3.63, 3.8) is 0 Å². The van der Waals surface area contributed by atoms with Gasteiger partial charge in [0.25, 0.3) is 0 Å². The van der Waals surface area contributed by atoms with Crippen molar-refractivity contribution in [3.8, 4) is 23.0 Å². The number of rotatable bonds is 2. The van der Waals surface area contributed by atoms with Gasteiger partial charge in [-0.15, -0.1) is 0 Å². The van der Waals surface area contributed by atoms with E-state index in [1.807, 2.05) is 0 Å². The van der Waals surface area contributed by atoms with Crippen LogP contribution in [0.15, 0.2) is 6.07 Å². The van der Waals surface area contributed by atoms with Gasteiger partial charge in [0.2, 0.25) is 11.5 Å². The molecule has 13 heavy (non-hydrogen) atoms. The van der Waals surface area contributed by atoms with Crippen molar-refractivity contribution >= 4 is 0 Å². The van der Waals surface area contributed by atoms with Crippen LogP contribution in [0, 0.1) is 6.92 Å². The molecule has 0 spiro atoms. The highest BCUT2D eigenvalue weighted by molar-refractivity contribution is 5.59. The molecule has 0 unspecified atom stereocenters. The van der Waals surface area contributed by atoms with E-state index in [9.17, 15) is 5.11 Å². The predicted molar refractivity (Wildman–Crippen MR) is 44.3 cm³/mol. The highest BCUT2D eigenvalue weighted by Crippen LogP contribution is 2.42. The Balaban J connectivity index is 3.39. The van der Waals surface area contributed by atoms with Crippen molar-refractivity contribution in [2.75, 3.05) is 7.11 Å². The van der Waals surface area contributed by atoms with Gasteiger partial charge in [0.05, 0.1) is 7.11 Å². The maximum Gasteiger partial charge on any atom is 0.217 e. The first-order valence-electron chi connectivity index (χ1n) is 3.52. The molecule has 0 amide bonds. The molecule has 0 aliphatic heterocycles. The first-order chi connectivity index (χ1) is 6.11. The van der Waals surface area contributed by atoms with Crippen LogP contribution < -0.4 is 9.62 Å².